The molecule has 2 aromatic rings. The number of benzene rings is 2. The molecule has 4 rings (SSSR count). The number of aliphatic hydroxyl groups is 1. The summed E-state index contributed by atoms with van der Waals surface area (Å²) in [7, 11) is 0. The Morgan fingerprint density at radius 1 is 1.17 bits per heavy atom. The van der Waals surface area contributed by atoms with E-state index in [2.05, 4.69) is 11.5 Å². The highest BCUT2D eigenvalue weighted by Gasteiger charge is 2.46. The first kappa shape index (κ1) is 25.9. The smallest absolute Gasteiger partial charge is 0.295 e. The molecule has 1 unspecified atom stereocenters. The maximum Gasteiger partial charge on any atom is 0.295 e. The summed E-state index contributed by atoms with van der Waals surface area (Å²) in [5, 5.41) is 11.9. The summed E-state index contributed by atoms with van der Waals surface area (Å²) < 4.78 is 11.0. The molecule has 2 aromatic carbocycles. The van der Waals surface area contributed by atoms with Crippen molar-refractivity contribution in [3.05, 3.63) is 82.4 Å². The van der Waals surface area contributed by atoms with Crippen molar-refractivity contribution in [3.8, 4) is 5.75 Å². The number of Topliss-reactive ketones (excluding diaryl/α,β-unsaturated/α-hetero) is 1. The number of amides is 1. The van der Waals surface area contributed by atoms with E-state index in [4.69, 9.17) is 21.1 Å². The fraction of sp³-hybridized carbons (Fsp3) is 0.357. The Balaban J connectivity index is 1.67. The third kappa shape index (κ3) is 5.64. The lowest BCUT2D eigenvalue weighted by Crippen LogP contribution is -2.38. The van der Waals surface area contributed by atoms with Crippen molar-refractivity contribution < 1.29 is 24.2 Å². The maximum absolute atomic E-state index is 13.3. The lowest BCUT2D eigenvalue weighted by Gasteiger charge is -2.29. The molecule has 2 heterocycles. The lowest BCUT2D eigenvalue weighted by molar-refractivity contribution is -0.140. The van der Waals surface area contributed by atoms with Gasteiger partial charge in [-0.05, 0) is 54.8 Å². The van der Waals surface area contributed by atoms with Gasteiger partial charge in [0.15, 0.2) is 0 Å². The third-order valence-corrected chi connectivity index (χ3v) is 6.78. The highest BCUT2D eigenvalue weighted by molar-refractivity contribution is 6.46. The SMILES string of the molecule is C=CCOc1ccc(/C(O)=C2\C(=O)C(=O)N(CCCN3CCOCC3)C2c2ccc(Cl)cc2)c(C)c1. The van der Waals surface area contributed by atoms with E-state index in [-0.39, 0.29) is 11.3 Å². The molecule has 0 bridgehead atoms. The summed E-state index contributed by atoms with van der Waals surface area (Å²) in [4.78, 5) is 30.3. The number of ketones is 1. The fourth-order valence-corrected chi connectivity index (χ4v) is 4.81. The zero-order valence-corrected chi connectivity index (χ0v) is 21.2. The van der Waals surface area contributed by atoms with Crippen molar-refractivity contribution >= 4 is 29.1 Å². The summed E-state index contributed by atoms with van der Waals surface area (Å²) in [5.41, 5.74) is 2.00. The molecule has 2 aliphatic rings. The van der Waals surface area contributed by atoms with Crippen molar-refractivity contribution in [1.82, 2.24) is 9.80 Å². The molecule has 0 saturated carbocycles. The van der Waals surface area contributed by atoms with Gasteiger partial charge in [0.25, 0.3) is 11.7 Å². The number of likely N-dealkylation sites (tertiary alicyclic amines) is 1. The van der Waals surface area contributed by atoms with E-state index >= 15 is 0 Å². The Bertz CT molecular complexity index is 1160. The van der Waals surface area contributed by atoms with Crippen LogP contribution in [0.1, 0.15) is 29.2 Å². The molecule has 2 aliphatic heterocycles. The minimum atomic E-state index is -0.706. The average molecular weight is 511 g/mol. The van der Waals surface area contributed by atoms with Crippen LogP contribution in [0.2, 0.25) is 5.02 Å². The van der Waals surface area contributed by atoms with Gasteiger partial charge in [-0.15, -0.1) is 0 Å². The van der Waals surface area contributed by atoms with Crippen LogP contribution >= 0.6 is 11.6 Å². The topological polar surface area (TPSA) is 79.3 Å². The van der Waals surface area contributed by atoms with Crippen LogP contribution in [-0.2, 0) is 14.3 Å². The van der Waals surface area contributed by atoms with Crippen molar-refractivity contribution in [2.75, 3.05) is 46.0 Å². The molecule has 0 aromatic heterocycles. The number of carbonyl (C=O) groups excluding carboxylic acids is 2. The zero-order valence-electron chi connectivity index (χ0n) is 20.4. The van der Waals surface area contributed by atoms with Gasteiger partial charge in [-0.25, -0.2) is 0 Å². The quantitative estimate of drug-likeness (QED) is 0.234. The van der Waals surface area contributed by atoms with Crippen LogP contribution in [0.25, 0.3) is 5.76 Å². The molecule has 36 heavy (non-hydrogen) atoms. The maximum atomic E-state index is 13.3. The Labute approximate surface area is 216 Å². The minimum Gasteiger partial charge on any atom is -0.507 e. The summed E-state index contributed by atoms with van der Waals surface area (Å²) >= 11 is 6.11. The van der Waals surface area contributed by atoms with Crippen LogP contribution in [-0.4, -0.2) is 72.6 Å². The molecule has 2 fully saturated rings. The zero-order chi connectivity index (χ0) is 25.7. The summed E-state index contributed by atoms with van der Waals surface area (Å²) in [6.07, 6.45) is 2.35. The van der Waals surface area contributed by atoms with E-state index < -0.39 is 17.7 Å². The van der Waals surface area contributed by atoms with Gasteiger partial charge < -0.3 is 19.5 Å². The van der Waals surface area contributed by atoms with Crippen LogP contribution in [0.3, 0.4) is 0 Å². The second-order valence-electron chi connectivity index (χ2n) is 8.93. The second kappa shape index (κ2) is 11.7. The predicted octanol–water partition coefficient (Wildman–Crippen LogP) is 4.36. The van der Waals surface area contributed by atoms with Gasteiger partial charge >= 0.3 is 0 Å². The molecule has 2 saturated heterocycles. The Morgan fingerprint density at radius 2 is 1.89 bits per heavy atom. The van der Waals surface area contributed by atoms with Crippen molar-refractivity contribution in [2.45, 2.75) is 19.4 Å². The predicted molar refractivity (Wildman–Crippen MR) is 139 cm³/mol. The molecule has 8 heteroatoms. The van der Waals surface area contributed by atoms with Crippen LogP contribution in [0.15, 0.2) is 60.7 Å². The van der Waals surface area contributed by atoms with Crippen molar-refractivity contribution in [2.24, 2.45) is 0 Å². The number of hydrogen-bond donors (Lipinski definition) is 1. The van der Waals surface area contributed by atoms with Crippen LogP contribution < -0.4 is 4.74 Å². The number of rotatable bonds is 9. The first-order valence-corrected chi connectivity index (χ1v) is 12.5. The molecule has 1 amide bonds. The number of aryl methyl sites for hydroxylation is 1. The van der Waals surface area contributed by atoms with Gasteiger partial charge in [0.1, 0.15) is 18.1 Å². The van der Waals surface area contributed by atoms with E-state index in [1.54, 1.807) is 53.4 Å². The summed E-state index contributed by atoms with van der Waals surface area (Å²) in [5.74, 6) is -0.870. The standard InChI is InChI=1S/C28H31ClN2O5/c1-3-15-36-22-9-10-23(19(2)18-22)26(32)24-25(20-5-7-21(29)8-6-20)31(28(34)27(24)33)12-4-11-30-13-16-35-17-14-30/h3,5-10,18,25,32H,1,4,11-17H2,2H3/b26-24+. The molecule has 0 spiro atoms. The molecular formula is C28H31ClN2O5. The Hall–Kier alpha value is -3.13. The van der Waals surface area contributed by atoms with E-state index in [0.717, 1.165) is 30.8 Å². The first-order valence-electron chi connectivity index (χ1n) is 12.1. The van der Waals surface area contributed by atoms with Crippen LogP contribution in [0.5, 0.6) is 5.75 Å². The van der Waals surface area contributed by atoms with E-state index in [9.17, 15) is 14.7 Å². The lowest BCUT2D eigenvalue weighted by atomic mass is 9.94. The molecule has 0 aliphatic carbocycles. The molecular weight excluding hydrogens is 480 g/mol. The summed E-state index contributed by atoms with van der Waals surface area (Å²) in [6.45, 7) is 10.1. The monoisotopic (exact) mass is 510 g/mol. The largest absolute Gasteiger partial charge is 0.507 e. The summed E-state index contributed by atoms with van der Waals surface area (Å²) in [6, 6.07) is 11.5. The first-order chi connectivity index (χ1) is 17.4. The van der Waals surface area contributed by atoms with Crippen LogP contribution in [0, 0.1) is 6.92 Å². The van der Waals surface area contributed by atoms with Gasteiger partial charge in [0.2, 0.25) is 0 Å². The highest BCUT2D eigenvalue weighted by atomic mass is 35.5. The van der Waals surface area contributed by atoms with E-state index in [1.165, 1.54) is 0 Å². The number of nitrogens with zero attached hydrogens (tertiary/aromatic N) is 2. The molecule has 190 valence electrons. The Kier molecular flexibility index (Phi) is 8.46. The second-order valence-corrected chi connectivity index (χ2v) is 9.36. The van der Waals surface area contributed by atoms with Crippen LogP contribution in [0.4, 0.5) is 0 Å². The normalized spacial score (nSPS) is 20.1. The average Bonchev–Trinajstić information content (AvgIpc) is 3.13. The number of ether oxygens (including phenoxy) is 2. The van der Waals surface area contributed by atoms with Gasteiger partial charge in [0.05, 0.1) is 24.8 Å². The molecule has 1 N–H and O–H groups in total. The number of aliphatic hydroxyl groups excluding tert-OH is 1. The van der Waals surface area contributed by atoms with Gasteiger partial charge in [0, 0.05) is 36.8 Å². The van der Waals surface area contributed by atoms with E-state index in [1.807, 2.05) is 6.92 Å². The number of hydrogen-bond acceptors (Lipinski definition) is 6. The van der Waals surface area contributed by atoms with E-state index in [0.29, 0.717) is 49.1 Å². The molecule has 7 nitrogen and oxygen atoms in total. The van der Waals surface area contributed by atoms with Crippen molar-refractivity contribution in [3.63, 3.8) is 0 Å². The van der Waals surface area contributed by atoms with Gasteiger partial charge in [-0.1, -0.05) is 36.4 Å². The number of morpholine rings is 1. The van der Waals surface area contributed by atoms with Gasteiger partial charge in [-0.2, -0.15) is 0 Å². The Morgan fingerprint density at radius 3 is 2.56 bits per heavy atom. The number of halogens is 1. The number of carbonyl (C=O) groups is 2. The molecule has 0 radical (unpaired) electrons. The van der Waals surface area contributed by atoms with Crippen molar-refractivity contribution in [1.29, 1.82) is 0 Å². The minimum absolute atomic E-state index is 0.0801. The fourth-order valence-electron chi connectivity index (χ4n) is 4.68. The van der Waals surface area contributed by atoms with Gasteiger partial charge in [-0.3, -0.25) is 14.5 Å². The molecule has 1 atom stereocenters. The highest BCUT2D eigenvalue weighted by Crippen LogP contribution is 2.40. The third-order valence-electron chi connectivity index (χ3n) is 6.52.